The molecule has 0 aromatic carbocycles. The predicted molar refractivity (Wildman–Crippen MR) is 78.2 cm³/mol. The van der Waals surface area contributed by atoms with Crippen molar-refractivity contribution in [2.24, 2.45) is 0 Å². The Morgan fingerprint density at radius 2 is 2.25 bits per heavy atom. The Labute approximate surface area is 120 Å². The third-order valence-electron chi connectivity index (χ3n) is 4.21. The van der Waals surface area contributed by atoms with E-state index in [1.165, 1.54) is 36.1 Å². The maximum Gasteiger partial charge on any atom is 0.0553 e. The molecule has 1 saturated heterocycles. The number of nitrogens with zero attached hydrogens (tertiary/aromatic N) is 4. The Bertz CT molecular complexity index is 556. The van der Waals surface area contributed by atoms with Gasteiger partial charge < -0.3 is 0 Å². The summed E-state index contributed by atoms with van der Waals surface area (Å²) < 4.78 is 2.00. The van der Waals surface area contributed by atoms with Crippen molar-refractivity contribution in [3.05, 3.63) is 35.4 Å². The van der Waals surface area contributed by atoms with Crippen LogP contribution >= 0.6 is 0 Å². The highest BCUT2D eigenvalue weighted by atomic mass is 15.3. The first-order valence-corrected chi connectivity index (χ1v) is 7.53. The van der Waals surface area contributed by atoms with Gasteiger partial charge in [0.2, 0.25) is 0 Å². The molecule has 0 amide bonds. The van der Waals surface area contributed by atoms with Crippen LogP contribution in [0.3, 0.4) is 0 Å². The van der Waals surface area contributed by atoms with Crippen molar-refractivity contribution < 1.29 is 0 Å². The fraction of sp³-hybridized carbons (Fsp3) is 0.600. The lowest BCUT2D eigenvalue weighted by atomic mass is 9.97. The number of aryl methyl sites for hydroxylation is 2. The van der Waals surface area contributed by atoms with Gasteiger partial charge in [-0.15, -0.1) is 0 Å². The number of nitrogens with one attached hydrogen (secondary N) is 1. The molecule has 5 heteroatoms. The largest absolute Gasteiger partial charge is 0.290 e. The molecule has 0 spiro atoms. The van der Waals surface area contributed by atoms with Crippen molar-refractivity contribution >= 4 is 0 Å². The summed E-state index contributed by atoms with van der Waals surface area (Å²) in [7, 11) is 0. The molecule has 20 heavy (non-hydrogen) atoms. The zero-order valence-corrected chi connectivity index (χ0v) is 12.3. The molecule has 108 valence electrons. The molecule has 0 radical (unpaired) electrons. The van der Waals surface area contributed by atoms with Crippen LogP contribution in [0.5, 0.6) is 0 Å². The minimum atomic E-state index is 0.469. The van der Waals surface area contributed by atoms with Gasteiger partial charge in [0.1, 0.15) is 0 Å². The van der Waals surface area contributed by atoms with E-state index in [0.717, 1.165) is 19.6 Å². The van der Waals surface area contributed by atoms with Gasteiger partial charge in [0, 0.05) is 24.8 Å². The summed E-state index contributed by atoms with van der Waals surface area (Å²) in [6.07, 6.45) is 9.88. The molecule has 0 unspecified atom stereocenters. The Balaban J connectivity index is 1.77. The fourth-order valence-corrected chi connectivity index (χ4v) is 3.10. The molecule has 1 fully saturated rings. The number of H-pyrrole nitrogens is 1. The molecule has 1 atom stereocenters. The van der Waals surface area contributed by atoms with E-state index >= 15 is 0 Å². The van der Waals surface area contributed by atoms with E-state index in [1.54, 1.807) is 0 Å². The first kappa shape index (κ1) is 13.4. The molecular formula is C15H23N5. The standard InChI is InChI=1S/C15H23N5/c1-3-20-11-13(9-17-20)10-19-7-5-4-6-14(19)15-12(2)8-16-18-15/h8-9,11,14H,3-7,10H2,1-2H3,(H,16,18)/t14-/m0/s1. The van der Waals surface area contributed by atoms with Crippen molar-refractivity contribution in [1.82, 2.24) is 24.9 Å². The van der Waals surface area contributed by atoms with Gasteiger partial charge in [-0.25, -0.2) is 0 Å². The highest BCUT2D eigenvalue weighted by molar-refractivity contribution is 5.19. The monoisotopic (exact) mass is 273 g/mol. The van der Waals surface area contributed by atoms with Gasteiger partial charge in [-0.1, -0.05) is 6.42 Å². The summed E-state index contributed by atoms with van der Waals surface area (Å²) in [6.45, 7) is 7.32. The van der Waals surface area contributed by atoms with E-state index in [-0.39, 0.29) is 0 Å². The summed E-state index contributed by atoms with van der Waals surface area (Å²) >= 11 is 0. The second kappa shape index (κ2) is 5.79. The predicted octanol–water partition coefficient (Wildman–Crippen LogP) is 2.66. The lowest BCUT2D eigenvalue weighted by molar-refractivity contribution is 0.136. The fourth-order valence-electron chi connectivity index (χ4n) is 3.10. The molecule has 2 aromatic rings. The highest BCUT2D eigenvalue weighted by Gasteiger charge is 2.26. The zero-order valence-electron chi connectivity index (χ0n) is 12.3. The van der Waals surface area contributed by atoms with Crippen molar-refractivity contribution in [2.75, 3.05) is 6.54 Å². The van der Waals surface area contributed by atoms with E-state index in [9.17, 15) is 0 Å². The van der Waals surface area contributed by atoms with E-state index in [2.05, 4.69) is 40.2 Å². The molecule has 0 aliphatic carbocycles. The Morgan fingerprint density at radius 1 is 1.35 bits per heavy atom. The van der Waals surface area contributed by atoms with Gasteiger partial charge in [-0.05, 0) is 38.8 Å². The summed E-state index contributed by atoms with van der Waals surface area (Å²) in [4.78, 5) is 2.56. The Hall–Kier alpha value is -1.62. The molecule has 2 aromatic heterocycles. The van der Waals surface area contributed by atoms with Crippen LogP contribution in [0.2, 0.25) is 0 Å². The number of likely N-dealkylation sites (tertiary alicyclic amines) is 1. The number of aromatic amines is 1. The van der Waals surface area contributed by atoms with Gasteiger partial charge in [0.05, 0.1) is 24.1 Å². The highest BCUT2D eigenvalue weighted by Crippen LogP contribution is 2.32. The van der Waals surface area contributed by atoms with Crippen LogP contribution in [0.25, 0.3) is 0 Å². The van der Waals surface area contributed by atoms with E-state index in [0.29, 0.717) is 6.04 Å². The van der Waals surface area contributed by atoms with Gasteiger partial charge in [-0.2, -0.15) is 10.2 Å². The molecule has 5 nitrogen and oxygen atoms in total. The first-order valence-electron chi connectivity index (χ1n) is 7.53. The molecule has 0 saturated carbocycles. The third-order valence-corrected chi connectivity index (χ3v) is 4.21. The summed E-state index contributed by atoms with van der Waals surface area (Å²) in [5, 5.41) is 11.8. The number of hydrogen-bond acceptors (Lipinski definition) is 3. The molecule has 1 N–H and O–H groups in total. The smallest absolute Gasteiger partial charge is 0.0553 e. The van der Waals surface area contributed by atoms with Crippen molar-refractivity contribution in [2.45, 2.75) is 52.2 Å². The normalized spacial score (nSPS) is 20.4. The van der Waals surface area contributed by atoms with Crippen LogP contribution in [0.1, 0.15) is 49.0 Å². The summed E-state index contributed by atoms with van der Waals surface area (Å²) in [5.41, 5.74) is 3.86. The summed E-state index contributed by atoms with van der Waals surface area (Å²) in [6, 6.07) is 0.469. The quantitative estimate of drug-likeness (QED) is 0.931. The average Bonchev–Trinajstić information content (AvgIpc) is 3.08. The molecular weight excluding hydrogens is 250 g/mol. The van der Waals surface area contributed by atoms with Crippen molar-refractivity contribution in [1.29, 1.82) is 0 Å². The van der Waals surface area contributed by atoms with Crippen molar-refractivity contribution in [3.8, 4) is 0 Å². The van der Waals surface area contributed by atoms with Crippen LogP contribution in [0.4, 0.5) is 0 Å². The number of hydrogen-bond donors (Lipinski definition) is 1. The number of aromatic nitrogens is 4. The van der Waals surface area contributed by atoms with Gasteiger partial charge in [-0.3, -0.25) is 14.7 Å². The number of piperidine rings is 1. The Morgan fingerprint density at radius 3 is 2.95 bits per heavy atom. The second-order valence-corrected chi connectivity index (χ2v) is 5.65. The van der Waals surface area contributed by atoms with Crippen molar-refractivity contribution in [3.63, 3.8) is 0 Å². The molecule has 1 aliphatic rings. The molecule has 0 bridgehead atoms. The average molecular weight is 273 g/mol. The summed E-state index contributed by atoms with van der Waals surface area (Å²) in [5.74, 6) is 0. The maximum absolute atomic E-state index is 4.38. The minimum Gasteiger partial charge on any atom is -0.290 e. The van der Waals surface area contributed by atoms with Gasteiger partial charge in [0.15, 0.2) is 0 Å². The topological polar surface area (TPSA) is 49.7 Å². The maximum atomic E-state index is 4.38. The Kier molecular flexibility index (Phi) is 3.87. The zero-order chi connectivity index (χ0) is 13.9. The van der Waals surface area contributed by atoms with Gasteiger partial charge in [0.25, 0.3) is 0 Å². The lowest BCUT2D eigenvalue weighted by Gasteiger charge is -2.35. The lowest BCUT2D eigenvalue weighted by Crippen LogP contribution is -2.33. The van der Waals surface area contributed by atoms with Crippen LogP contribution in [-0.2, 0) is 13.1 Å². The van der Waals surface area contributed by atoms with E-state index in [1.807, 2.05) is 17.1 Å². The molecule has 3 rings (SSSR count). The second-order valence-electron chi connectivity index (χ2n) is 5.65. The van der Waals surface area contributed by atoms with E-state index < -0.39 is 0 Å². The molecule has 3 heterocycles. The molecule has 1 aliphatic heterocycles. The van der Waals surface area contributed by atoms with Crippen LogP contribution in [0, 0.1) is 6.92 Å². The SMILES string of the molecule is CCn1cc(CN2CCCC[C@H]2c2[nH]ncc2C)cn1. The number of rotatable bonds is 4. The third kappa shape index (κ3) is 2.63. The minimum absolute atomic E-state index is 0.469. The van der Waals surface area contributed by atoms with Crippen LogP contribution < -0.4 is 0 Å². The van der Waals surface area contributed by atoms with E-state index in [4.69, 9.17) is 0 Å². The van der Waals surface area contributed by atoms with Crippen LogP contribution in [-0.4, -0.2) is 31.4 Å². The van der Waals surface area contributed by atoms with Crippen LogP contribution in [0.15, 0.2) is 18.6 Å². The first-order chi connectivity index (χ1) is 9.78. The van der Waals surface area contributed by atoms with Gasteiger partial charge >= 0.3 is 0 Å².